The van der Waals surface area contributed by atoms with E-state index in [2.05, 4.69) is 13.2 Å². The Morgan fingerprint density at radius 3 is 2.67 bits per heavy atom. The topological polar surface area (TPSA) is 32.8 Å². The summed E-state index contributed by atoms with van der Waals surface area (Å²) >= 11 is 0. The van der Waals surface area contributed by atoms with Crippen LogP contribution in [0, 0.1) is 0 Å². The highest BCUT2D eigenvalue weighted by Crippen LogP contribution is 2.58. The number of fused-ring (bicyclic) bond motifs is 1. The number of hydrogen-bond acceptors (Lipinski definition) is 2. The van der Waals surface area contributed by atoms with Crippen molar-refractivity contribution in [2.45, 2.75) is 36.6 Å². The maximum Gasteiger partial charge on any atom is 0.145 e. The van der Waals surface area contributed by atoms with Gasteiger partial charge in [-0.05, 0) is 19.3 Å². The van der Waals surface area contributed by atoms with Crippen molar-refractivity contribution in [3.05, 3.63) is 25.3 Å². The SMILES string of the molecule is C=C[C@]12CCC[C@@H](O)[C@@]1(C=C)O2. The molecule has 0 aromatic carbocycles. The van der Waals surface area contributed by atoms with Crippen LogP contribution >= 0.6 is 0 Å². The summed E-state index contributed by atoms with van der Waals surface area (Å²) in [5.74, 6) is 0. The number of ether oxygens (including phenoxy) is 1. The minimum absolute atomic E-state index is 0.299. The first kappa shape index (κ1) is 8.02. The monoisotopic (exact) mass is 166 g/mol. The molecule has 1 saturated carbocycles. The zero-order valence-electron chi connectivity index (χ0n) is 7.12. The van der Waals surface area contributed by atoms with E-state index in [-0.39, 0.29) is 5.60 Å². The molecule has 2 nitrogen and oxygen atoms in total. The van der Waals surface area contributed by atoms with E-state index < -0.39 is 11.7 Å². The highest BCUT2D eigenvalue weighted by Gasteiger charge is 2.71. The summed E-state index contributed by atoms with van der Waals surface area (Å²) in [5.41, 5.74) is -0.806. The highest BCUT2D eigenvalue weighted by atomic mass is 16.6. The van der Waals surface area contributed by atoms with Crippen LogP contribution in [0.5, 0.6) is 0 Å². The minimum Gasteiger partial charge on any atom is -0.390 e. The van der Waals surface area contributed by atoms with Crippen molar-refractivity contribution < 1.29 is 9.84 Å². The molecule has 1 N–H and O–H groups in total. The lowest BCUT2D eigenvalue weighted by molar-refractivity contribution is 0.0885. The first-order valence-corrected chi connectivity index (χ1v) is 4.36. The molecule has 0 unspecified atom stereocenters. The third-order valence-electron chi connectivity index (χ3n) is 3.12. The van der Waals surface area contributed by atoms with Crippen LogP contribution in [0.15, 0.2) is 25.3 Å². The largest absolute Gasteiger partial charge is 0.390 e. The summed E-state index contributed by atoms with van der Waals surface area (Å²) in [4.78, 5) is 0. The summed E-state index contributed by atoms with van der Waals surface area (Å²) in [6.45, 7) is 7.45. The third kappa shape index (κ3) is 0.673. The number of aliphatic hydroxyl groups excluding tert-OH is 1. The molecule has 1 aliphatic carbocycles. The second-order valence-electron chi connectivity index (χ2n) is 3.60. The lowest BCUT2D eigenvalue weighted by Gasteiger charge is -2.24. The summed E-state index contributed by atoms with van der Waals surface area (Å²) in [5, 5.41) is 9.72. The second-order valence-corrected chi connectivity index (χ2v) is 3.60. The van der Waals surface area contributed by atoms with Crippen molar-refractivity contribution in [1.29, 1.82) is 0 Å². The van der Waals surface area contributed by atoms with Crippen molar-refractivity contribution in [3.8, 4) is 0 Å². The van der Waals surface area contributed by atoms with Crippen molar-refractivity contribution >= 4 is 0 Å². The van der Waals surface area contributed by atoms with Crippen molar-refractivity contribution in [1.82, 2.24) is 0 Å². The Hall–Kier alpha value is -0.600. The molecule has 0 aromatic heterocycles. The quantitative estimate of drug-likeness (QED) is 0.497. The normalized spacial score (nSPS) is 50.9. The Kier molecular flexibility index (Phi) is 1.48. The Bertz CT molecular complexity index is 236. The smallest absolute Gasteiger partial charge is 0.145 e. The van der Waals surface area contributed by atoms with Crippen LogP contribution in [0.25, 0.3) is 0 Å². The van der Waals surface area contributed by atoms with E-state index in [1.54, 1.807) is 12.2 Å². The van der Waals surface area contributed by atoms with Gasteiger partial charge in [-0.25, -0.2) is 0 Å². The van der Waals surface area contributed by atoms with Crippen LogP contribution in [0.2, 0.25) is 0 Å². The van der Waals surface area contributed by atoms with Crippen molar-refractivity contribution in [2.24, 2.45) is 0 Å². The fraction of sp³-hybridized carbons (Fsp3) is 0.600. The molecule has 0 spiro atoms. The Morgan fingerprint density at radius 2 is 2.17 bits per heavy atom. The minimum atomic E-state index is -0.507. The zero-order valence-corrected chi connectivity index (χ0v) is 7.12. The molecule has 3 atom stereocenters. The molecule has 12 heavy (non-hydrogen) atoms. The van der Waals surface area contributed by atoms with E-state index in [4.69, 9.17) is 4.74 Å². The van der Waals surface area contributed by atoms with E-state index in [9.17, 15) is 5.11 Å². The van der Waals surface area contributed by atoms with Crippen LogP contribution in [-0.4, -0.2) is 22.4 Å². The van der Waals surface area contributed by atoms with E-state index in [0.717, 1.165) is 19.3 Å². The van der Waals surface area contributed by atoms with Crippen LogP contribution in [0.3, 0.4) is 0 Å². The van der Waals surface area contributed by atoms with Crippen LogP contribution in [0.4, 0.5) is 0 Å². The van der Waals surface area contributed by atoms with Gasteiger partial charge in [-0.3, -0.25) is 0 Å². The number of aliphatic hydroxyl groups is 1. The van der Waals surface area contributed by atoms with Gasteiger partial charge in [-0.15, -0.1) is 13.2 Å². The zero-order chi connectivity index (χ0) is 8.82. The molecular weight excluding hydrogens is 152 g/mol. The average Bonchev–Trinajstić information content (AvgIpc) is 2.77. The number of rotatable bonds is 2. The molecule has 0 bridgehead atoms. The van der Waals surface area contributed by atoms with Crippen LogP contribution in [-0.2, 0) is 4.74 Å². The van der Waals surface area contributed by atoms with Crippen molar-refractivity contribution in [3.63, 3.8) is 0 Å². The lowest BCUT2D eigenvalue weighted by Crippen LogP contribution is -2.38. The first-order valence-electron chi connectivity index (χ1n) is 4.36. The molecule has 2 aliphatic rings. The summed E-state index contributed by atoms with van der Waals surface area (Å²) in [6.07, 6.45) is 5.89. The second kappa shape index (κ2) is 2.21. The molecular formula is C10H14O2. The van der Waals surface area contributed by atoms with Crippen LogP contribution in [0.1, 0.15) is 19.3 Å². The van der Waals surface area contributed by atoms with Gasteiger partial charge in [0, 0.05) is 0 Å². The maximum atomic E-state index is 9.72. The molecule has 2 fully saturated rings. The van der Waals surface area contributed by atoms with Crippen LogP contribution < -0.4 is 0 Å². The highest BCUT2D eigenvalue weighted by molar-refractivity contribution is 5.34. The molecule has 66 valence electrons. The molecule has 0 aromatic rings. The molecule has 1 heterocycles. The summed E-state index contributed by atoms with van der Waals surface area (Å²) < 4.78 is 5.58. The van der Waals surface area contributed by atoms with E-state index in [1.807, 2.05) is 0 Å². The van der Waals surface area contributed by atoms with Gasteiger partial charge >= 0.3 is 0 Å². The van der Waals surface area contributed by atoms with Gasteiger partial charge in [0.1, 0.15) is 11.2 Å². The molecule has 2 heteroatoms. The molecule has 0 radical (unpaired) electrons. The van der Waals surface area contributed by atoms with E-state index >= 15 is 0 Å². The van der Waals surface area contributed by atoms with Gasteiger partial charge in [-0.2, -0.15) is 0 Å². The number of epoxide rings is 1. The summed E-state index contributed by atoms with van der Waals surface area (Å²) in [6, 6.07) is 0. The Labute approximate surface area is 72.5 Å². The van der Waals surface area contributed by atoms with Gasteiger partial charge in [0.2, 0.25) is 0 Å². The Balaban J connectivity index is 2.31. The van der Waals surface area contributed by atoms with E-state index in [0.29, 0.717) is 0 Å². The maximum absolute atomic E-state index is 9.72. The Morgan fingerprint density at radius 1 is 1.42 bits per heavy atom. The molecule has 1 saturated heterocycles. The molecule has 2 rings (SSSR count). The number of hydrogen-bond donors (Lipinski definition) is 1. The summed E-state index contributed by atoms with van der Waals surface area (Å²) in [7, 11) is 0. The predicted octanol–water partition coefficient (Wildman–Crippen LogP) is 1.41. The van der Waals surface area contributed by atoms with Gasteiger partial charge in [0.05, 0.1) is 6.10 Å². The molecule has 1 aliphatic heterocycles. The van der Waals surface area contributed by atoms with Gasteiger partial charge in [0.25, 0.3) is 0 Å². The average molecular weight is 166 g/mol. The first-order chi connectivity index (χ1) is 5.71. The molecule has 0 amide bonds. The van der Waals surface area contributed by atoms with Gasteiger partial charge in [-0.1, -0.05) is 12.2 Å². The fourth-order valence-electron chi connectivity index (χ4n) is 2.30. The lowest BCUT2D eigenvalue weighted by atomic mass is 9.77. The standard InChI is InChI=1S/C10H14O2/c1-3-9-7-5-6-8(11)10(9,4-2)12-9/h3-4,8,11H,1-2,5-7H2/t8-,9+,10-/m1/s1. The predicted molar refractivity (Wildman–Crippen MR) is 46.8 cm³/mol. The van der Waals surface area contributed by atoms with Gasteiger partial charge < -0.3 is 9.84 Å². The van der Waals surface area contributed by atoms with Crippen molar-refractivity contribution in [2.75, 3.05) is 0 Å². The fourth-order valence-corrected chi connectivity index (χ4v) is 2.30. The van der Waals surface area contributed by atoms with Gasteiger partial charge in [0.15, 0.2) is 0 Å². The third-order valence-corrected chi connectivity index (χ3v) is 3.12. The van der Waals surface area contributed by atoms with E-state index in [1.165, 1.54) is 0 Å².